The lowest BCUT2D eigenvalue weighted by molar-refractivity contribution is 0.129. The van der Waals surface area contributed by atoms with Crippen molar-refractivity contribution in [3.8, 4) is 0 Å². The first kappa shape index (κ1) is 12.2. The minimum Gasteiger partial charge on any atom is -0.393 e. The maximum Gasteiger partial charge on any atom is 0.0580 e. The van der Waals surface area contributed by atoms with Crippen molar-refractivity contribution in [2.45, 2.75) is 44.2 Å². The second-order valence-corrected chi connectivity index (χ2v) is 5.89. The second-order valence-electron chi connectivity index (χ2n) is 5.89. The summed E-state index contributed by atoms with van der Waals surface area (Å²) in [6.07, 6.45) is 5.98. The van der Waals surface area contributed by atoms with Gasteiger partial charge in [-0.15, -0.1) is 0 Å². The van der Waals surface area contributed by atoms with E-state index in [4.69, 9.17) is 0 Å². The van der Waals surface area contributed by atoms with Crippen molar-refractivity contribution in [3.05, 3.63) is 35.9 Å². The molecule has 1 aromatic carbocycles. The van der Waals surface area contributed by atoms with E-state index in [1.807, 2.05) is 0 Å². The summed E-state index contributed by atoms with van der Waals surface area (Å²) in [6.45, 7) is 0.969. The molecule has 2 aliphatic rings. The Hall–Kier alpha value is -0.860. The van der Waals surface area contributed by atoms with Crippen LogP contribution < -0.4 is 5.32 Å². The SMILES string of the molecule is OC1CCCC1CNC(c1ccccc1)C1CC1. The number of rotatable bonds is 5. The third-order valence-corrected chi connectivity index (χ3v) is 4.47. The average molecular weight is 245 g/mol. The highest BCUT2D eigenvalue weighted by atomic mass is 16.3. The molecular formula is C16H23NO. The molecule has 0 heterocycles. The van der Waals surface area contributed by atoms with Crippen LogP contribution in [-0.2, 0) is 0 Å². The van der Waals surface area contributed by atoms with Crippen LogP contribution in [0, 0.1) is 11.8 Å². The van der Waals surface area contributed by atoms with Crippen LogP contribution in [0.1, 0.15) is 43.7 Å². The first-order chi connectivity index (χ1) is 8.84. The Labute approximate surface area is 109 Å². The van der Waals surface area contributed by atoms with Crippen molar-refractivity contribution in [2.75, 3.05) is 6.54 Å². The zero-order valence-electron chi connectivity index (χ0n) is 10.9. The molecule has 0 bridgehead atoms. The molecule has 2 saturated carbocycles. The van der Waals surface area contributed by atoms with Crippen molar-refractivity contribution < 1.29 is 5.11 Å². The average Bonchev–Trinajstić information content (AvgIpc) is 3.15. The van der Waals surface area contributed by atoms with Gasteiger partial charge in [-0.3, -0.25) is 0 Å². The molecule has 0 radical (unpaired) electrons. The largest absolute Gasteiger partial charge is 0.393 e. The molecule has 3 atom stereocenters. The van der Waals surface area contributed by atoms with Gasteiger partial charge in [0.05, 0.1) is 6.10 Å². The Kier molecular flexibility index (Phi) is 3.67. The summed E-state index contributed by atoms with van der Waals surface area (Å²) in [5, 5.41) is 13.6. The van der Waals surface area contributed by atoms with E-state index in [1.165, 1.54) is 31.2 Å². The van der Waals surface area contributed by atoms with Crippen molar-refractivity contribution in [1.82, 2.24) is 5.32 Å². The summed E-state index contributed by atoms with van der Waals surface area (Å²) in [4.78, 5) is 0. The first-order valence-corrected chi connectivity index (χ1v) is 7.31. The van der Waals surface area contributed by atoms with Crippen molar-refractivity contribution in [1.29, 1.82) is 0 Å². The second kappa shape index (κ2) is 5.41. The number of benzene rings is 1. The van der Waals surface area contributed by atoms with Gasteiger partial charge < -0.3 is 10.4 Å². The number of nitrogens with one attached hydrogen (secondary N) is 1. The normalized spacial score (nSPS) is 29.4. The summed E-state index contributed by atoms with van der Waals surface area (Å²) < 4.78 is 0. The van der Waals surface area contributed by atoms with E-state index >= 15 is 0 Å². The number of hydrogen-bond acceptors (Lipinski definition) is 2. The molecule has 3 unspecified atom stereocenters. The molecule has 1 aromatic rings. The molecule has 2 heteroatoms. The van der Waals surface area contributed by atoms with E-state index in [0.29, 0.717) is 12.0 Å². The van der Waals surface area contributed by atoms with Gasteiger partial charge in [-0.2, -0.15) is 0 Å². The number of aliphatic hydroxyl groups is 1. The maximum atomic E-state index is 9.89. The van der Waals surface area contributed by atoms with Crippen LogP contribution in [0.3, 0.4) is 0 Å². The number of hydrogen-bond donors (Lipinski definition) is 2. The Morgan fingerprint density at radius 2 is 1.89 bits per heavy atom. The fourth-order valence-electron chi connectivity index (χ4n) is 3.18. The molecule has 98 valence electrons. The van der Waals surface area contributed by atoms with Crippen LogP contribution in [0.25, 0.3) is 0 Å². The van der Waals surface area contributed by atoms with E-state index in [1.54, 1.807) is 0 Å². The highest BCUT2D eigenvalue weighted by Crippen LogP contribution is 2.41. The van der Waals surface area contributed by atoms with Crippen LogP contribution in [-0.4, -0.2) is 17.8 Å². The smallest absolute Gasteiger partial charge is 0.0580 e. The van der Waals surface area contributed by atoms with E-state index in [0.717, 1.165) is 18.9 Å². The van der Waals surface area contributed by atoms with Gasteiger partial charge in [0.25, 0.3) is 0 Å². The molecule has 18 heavy (non-hydrogen) atoms. The Balaban J connectivity index is 1.61. The topological polar surface area (TPSA) is 32.3 Å². The minimum atomic E-state index is -0.0758. The molecule has 3 rings (SSSR count). The van der Waals surface area contributed by atoms with Crippen molar-refractivity contribution >= 4 is 0 Å². The molecule has 2 aliphatic carbocycles. The molecule has 0 amide bonds. The van der Waals surface area contributed by atoms with Gasteiger partial charge in [0.2, 0.25) is 0 Å². The Morgan fingerprint density at radius 3 is 2.50 bits per heavy atom. The number of aliphatic hydroxyl groups excluding tert-OH is 1. The predicted octanol–water partition coefficient (Wildman–Crippen LogP) is 2.89. The van der Waals surface area contributed by atoms with Gasteiger partial charge >= 0.3 is 0 Å². The maximum absolute atomic E-state index is 9.89. The zero-order chi connectivity index (χ0) is 12.4. The van der Waals surface area contributed by atoms with E-state index in [9.17, 15) is 5.11 Å². The van der Waals surface area contributed by atoms with E-state index in [-0.39, 0.29) is 6.10 Å². The zero-order valence-corrected chi connectivity index (χ0v) is 10.9. The molecule has 0 aromatic heterocycles. The third-order valence-electron chi connectivity index (χ3n) is 4.47. The lowest BCUT2D eigenvalue weighted by atomic mass is 10.00. The van der Waals surface area contributed by atoms with Crippen LogP contribution >= 0.6 is 0 Å². The predicted molar refractivity (Wildman–Crippen MR) is 73.3 cm³/mol. The van der Waals surface area contributed by atoms with Gasteiger partial charge in [-0.25, -0.2) is 0 Å². The van der Waals surface area contributed by atoms with Crippen LogP contribution in [0.5, 0.6) is 0 Å². The molecule has 2 fully saturated rings. The molecule has 2 nitrogen and oxygen atoms in total. The van der Waals surface area contributed by atoms with Crippen molar-refractivity contribution in [3.63, 3.8) is 0 Å². The van der Waals surface area contributed by atoms with Gasteiger partial charge in [-0.1, -0.05) is 36.8 Å². The van der Waals surface area contributed by atoms with Crippen LogP contribution in [0.4, 0.5) is 0 Å². The van der Waals surface area contributed by atoms with E-state index in [2.05, 4.69) is 35.6 Å². The highest BCUT2D eigenvalue weighted by Gasteiger charge is 2.33. The lowest BCUT2D eigenvalue weighted by Crippen LogP contribution is -2.31. The fraction of sp³-hybridized carbons (Fsp3) is 0.625. The van der Waals surface area contributed by atoms with Gasteiger partial charge in [0.15, 0.2) is 0 Å². The van der Waals surface area contributed by atoms with E-state index < -0.39 is 0 Å². The van der Waals surface area contributed by atoms with Crippen molar-refractivity contribution in [2.24, 2.45) is 11.8 Å². The first-order valence-electron chi connectivity index (χ1n) is 7.31. The molecule has 2 N–H and O–H groups in total. The molecule has 0 aliphatic heterocycles. The Morgan fingerprint density at radius 1 is 1.11 bits per heavy atom. The van der Waals surface area contributed by atoms with Gasteiger partial charge in [-0.05, 0) is 43.1 Å². The van der Waals surface area contributed by atoms with Gasteiger partial charge in [0, 0.05) is 12.6 Å². The van der Waals surface area contributed by atoms with Gasteiger partial charge in [0.1, 0.15) is 0 Å². The summed E-state index contributed by atoms with van der Waals surface area (Å²) in [6, 6.07) is 11.3. The summed E-state index contributed by atoms with van der Waals surface area (Å²) >= 11 is 0. The Bertz CT molecular complexity index is 374. The third kappa shape index (κ3) is 2.76. The summed E-state index contributed by atoms with van der Waals surface area (Å²) in [5.41, 5.74) is 1.41. The molecular weight excluding hydrogens is 222 g/mol. The monoisotopic (exact) mass is 245 g/mol. The molecule has 0 saturated heterocycles. The highest BCUT2D eigenvalue weighted by molar-refractivity contribution is 5.21. The lowest BCUT2D eigenvalue weighted by Gasteiger charge is -2.22. The summed E-state index contributed by atoms with van der Waals surface area (Å²) in [7, 11) is 0. The standard InChI is InChI=1S/C16H23NO/c18-15-8-4-7-14(15)11-17-16(13-9-10-13)12-5-2-1-3-6-12/h1-3,5-6,13-18H,4,7-11H2. The quantitative estimate of drug-likeness (QED) is 0.836. The summed E-state index contributed by atoms with van der Waals surface area (Å²) in [5.74, 6) is 1.28. The van der Waals surface area contributed by atoms with Crippen LogP contribution in [0.2, 0.25) is 0 Å². The fourth-order valence-corrected chi connectivity index (χ4v) is 3.18. The van der Waals surface area contributed by atoms with Crippen LogP contribution in [0.15, 0.2) is 30.3 Å². The minimum absolute atomic E-state index is 0.0758. The molecule has 0 spiro atoms.